The molecule has 0 amide bonds. The van der Waals surface area contributed by atoms with E-state index in [0.717, 1.165) is 0 Å². The Kier molecular flexibility index (Phi) is 7.30. The van der Waals surface area contributed by atoms with Crippen LogP contribution in [0.25, 0.3) is 60.9 Å². The lowest BCUT2D eigenvalue weighted by atomic mass is 9.82. The van der Waals surface area contributed by atoms with E-state index in [0.29, 0.717) is 0 Å². The second-order valence-electron chi connectivity index (χ2n) is 14.9. The van der Waals surface area contributed by atoms with Crippen molar-refractivity contribution in [3.05, 3.63) is 222 Å². The smallest absolute Gasteiger partial charge is 0.0544 e. The first-order chi connectivity index (χ1) is 26.0. The highest BCUT2D eigenvalue weighted by Crippen LogP contribution is 2.51. The third kappa shape index (κ3) is 5.15. The Morgan fingerprint density at radius 2 is 0.887 bits per heavy atom. The Morgan fingerprint density at radius 1 is 0.377 bits per heavy atom. The molecule has 252 valence electrons. The summed E-state index contributed by atoms with van der Waals surface area (Å²) in [6.45, 7) is 4.73. The lowest BCUT2D eigenvalue weighted by Crippen LogP contribution is -2.14. The monoisotopic (exact) mass is 677 g/mol. The van der Waals surface area contributed by atoms with E-state index in [4.69, 9.17) is 0 Å². The maximum atomic E-state index is 2.46. The van der Waals surface area contributed by atoms with Gasteiger partial charge in [-0.05, 0) is 97.6 Å². The molecule has 10 rings (SSSR count). The highest BCUT2D eigenvalue weighted by atomic mass is 15.0. The first kappa shape index (κ1) is 31.3. The van der Waals surface area contributed by atoms with E-state index < -0.39 is 0 Å². The molecule has 0 saturated heterocycles. The van der Waals surface area contributed by atoms with Crippen LogP contribution in [0.3, 0.4) is 0 Å². The molecule has 1 aliphatic rings. The molecule has 1 heterocycles. The van der Waals surface area contributed by atoms with Crippen molar-refractivity contribution in [3.63, 3.8) is 0 Å². The van der Waals surface area contributed by atoms with E-state index in [1.807, 2.05) is 0 Å². The van der Waals surface area contributed by atoms with Gasteiger partial charge in [0, 0.05) is 27.8 Å². The minimum Gasteiger partial charge on any atom is -0.309 e. The molecule has 0 spiro atoms. The summed E-state index contributed by atoms with van der Waals surface area (Å²) in [5.41, 5.74) is 17.9. The zero-order valence-electron chi connectivity index (χ0n) is 30.0. The Morgan fingerprint density at radius 3 is 1.57 bits per heavy atom. The van der Waals surface area contributed by atoms with Crippen LogP contribution in [0.5, 0.6) is 0 Å². The van der Waals surface area contributed by atoms with Crippen LogP contribution in [0, 0.1) is 0 Å². The van der Waals surface area contributed by atoms with Crippen molar-refractivity contribution < 1.29 is 0 Å². The van der Waals surface area contributed by atoms with Crippen molar-refractivity contribution in [2.75, 3.05) is 0 Å². The molecule has 9 aromatic rings. The van der Waals surface area contributed by atoms with Gasteiger partial charge in [-0.15, -0.1) is 0 Å². The highest BCUT2D eigenvalue weighted by molar-refractivity contribution is 6.12. The van der Waals surface area contributed by atoms with Crippen molar-refractivity contribution in [1.82, 2.24) is 4.57 Å². The molecule has 1 nitrogen and oxygen atoms in total. The largest absolute Gasteiger partial charge is 0.309 e. The molecule has 1 aliphatic carbocycles. The van der Waals surface area contributed by atoms with Gasteiger partial charge in [-0.2, -0.15) is 0 Å². The molecular weight excluding hydrogens is 639 g/mol. The van der Waals surface area contributed by atoms with E-state index in [1.54, 1.807) is 0 Å². The maximum Gasteiger partial charge on any atom is 0.0544 e. The quantitative estimate of drug-likeness (QED) is 0.154. The Balaban J connectivity index is 1.08. The van der Waals surface area contributed by atoms with Gasteiger partial charge in [-0.25, -0.2) is 0 Å². The summed E-state index contributed by atoms with van der Waals surface area (Å²) >= 11 is 0. The number of aromatic nitrogens is 1. The average molecular weight is 678 g/mol. The van der Waals surface area contributed by atoms with Crippen molar-refractivity contribution >= 4 is 21.8 Å². The Hall–Kier alpha value is -6.44. The molecule has 0 saturated carbocycles. The van der Waals surface area contributed by atoms with Gasteiger partial charge in [0.1, 0.15) is 0 Å². The van der Waals surface area contributed by atoms with Crippen LogP contribution < -0.4 is 0 Å². The van der Waals surface area contributed by atoms with Crippen LogP contribution in [0.2, 0.25) is 0 Å². The molecule has 0 fully saturated rings. The molecule has 8 aromatic carbocycles. The highest BCUT2D eigenvalue weighted by Gasteiger charge is 2.36. The summed E-state index contributed by atoms with van der Waals surface area (Å²) in [7, 11) is 0. The van der Waals surface area contributed by atoms with Crippen molar-refractivity contribution in [2.24, 2.45) is 0 Å². The fourth-order valence-electron chi connectivity index (χ4n) is 8.84. The first-order valence-corrected chi connectivity index (χ1v) is 18.6. The number of hydrogen-bond donors (Lipinski definition) is 0. The summed E-state index contributed by atoms with van der Waals surface area (Å²) in [6.07, 6.45) is 0. The van der Waals surface area contributed by atoms with Crippen LogP contribution in [0.4, 0.5) is 0 Å². The lowest BCUT2D eigenvalue weighted by molar-refractivity contribution is 0.661. The van der Waals surface area contributed by atoms with E-state index in [1.165, 1.54) is 88.7 Å². The predicted octanol–water partition coefficient (Wildman–Crippen LogP) is 13.6. The van der Waals surface area contributed by atoms with Crippen molar-refractivity contribution in [2.45, 2.75) is 25.2 Å². The first-order valence-electron chi connectivity index (χ1n) is 18.6. The number of fused-ring (bicyclic) bond motifs is 6. The zero-order chi connectivity index (χ0) is 35.5. The van der Waals surface area contributed by atoms with Crippen molar-refractivity contribution in [3.8, 4) is 39.1 Å². The molecule has 1 unspecified atom stereocenters. The van der Waals surface area contributed by atoms with Gasteiger partial charge in [0.15, 0.2) is 0 Å². The minimum atomic E-state index is -0.0630. The third-order valence-corrected chi connectivity index (χ3v) is 11.5. The maximum absolute atomic E-state index is 2.46. The van der Waals surface area contributed by atoms with E-state index in [2.05, 4.69) is 213 Å². The number of hydrogen-bond acceptors (Lipinski definition) is 0. The van der Waals surface area contributed by atoms with Gasteiger partial charge in [0.05, 0.1) is 11.0 Å². The SMILES string of the molecule is CC1(C)c2ccccc2-c2cc3c4cc(-c5ccc(C(c6ccccc6)c6ccc(-c7ccccc7)cc6)cc5)ccc4n(-c4ccccc4)c3cc21. The van der Waals surface area contributed by atoms with Crippen LogP contribution in [-0.4, -0.2) is 4.57 Å². The van der Waals surface area contributed by atoms with Gasteiger partial charge in [-0.1, -0.05) is 172 Å². The van der Waals surface area contributed by atoms with Crippen LogP contribution in [0.15, 0.2) is 194 Å². The standard InChI is InChI=1S/C52H39N/c1-52(2)47-21-13-12-20-43(47)44-33-46-45-32-41(30-31-49(45)53(50(46)34-48(44)52)42-18-10-5-11-19-42)37-24-28-40(29-25-37)51(38-16-8-4-9-17-38)39-26-22-36(23-27-39)35-14-6-3-7-15-35/h3-34,51H,1-2H3. The summed E-state index contributed by atoms with van der Waals surface area (Å²) in [6, 6.07) is 71.5. The molecule has 1 aromatic heterocycles. The minimum absolute atomic E-state index is 0.0630. The van der Waals surface area contributed by atoms with Crippen LogP contribution in [-0.2, 0) is 5.41 Å². The predicted molar refractivity (Wildman–Crippen MR) is 223 cm³/mol. The molecule has 1 atom stereocenters. The number of rotatable bonds is 6. The Labute approximate surface area is 311 Å². The van der Waals surface area contributed by atoms with Gasteiger partial charge in [0.25, 0.3) is 0 Å². The zero-order valence-corrected chi connectivity index (χ0v) is 30.0. The normalized spacial score (nSPS) is 13.5. The number of benzene rings is 8. The summed E-state index contributed by atoms with van der Waals surface area (Å²) in [5, 5.41) is 2.56. The second-order valence-corrected chi connectivity index (χ2v) is 14.9. The van der Waals surface area contributed by atoms with Gasteiger partial charge >= 0.3 is 0 Å². The Bertz CT molecular complexity index is 2750. The van der Waals surface area contributed by atoms with E-state index in [-0.39, 0.29) is 11.3 Å². The fraction of sp³-hybridized carbons (Fsp3) is 0.0769. The average Bonchev–Trinajstić information content (AvgIpc) is 3.66. The van der Waals surface area contributed by atoms with Gasteiger partial charge in [0.2, 0.25) is 0 Å². The molecule has 0 N–H and O–H groups in total. The third-order valence-electron chi connectivity index (χ3n) is 11.5. The fourth-order valence-corrected chi connectivity index (χ4v) is 8.84. The lowest BCUT2D eigenvalue weighted by Gasteiger charge is -2.21. The molecule has 0 aliphatic heterocycles. The molecular formula is C52H39N. The van der Waals surface area contributed by atoms with Crippen LogP contribution in [0.1, 0.15) is 47.6 Å². The topological polar surface area (TPSA) is 4.93 Å². The molecule has 0 bridgehead atoms. The van der Waals surface area contributed by atoms with Gasteiger partial charge in [-0.3, -0.25) is 0 Å². The second kappa shape index (κ2) is 12.4. The molecule has 1 heteroatoms. The number of nitrogens with zero attached hydrogens (tertiary/aromatic N) is 1. The summed E-state index contributed by atoms with van der Waals surface area (Å²) in [4.78, 5) is 0. The van der Waals surface area contributed by atoms with E-state index >= 15 is 0 Å². The summed E-state index contributed by atoms with van der Waals surface area (Å²) in [5.74, 6) is 0.135. The molecule has 0 radical (unpaired) electrons. The van der Waals surface area contributed by atoms with Gasteiger partial charge < -0.3 is 4.57 Å². The van der Waals surface area contributed by atoms with Crippen molar-refractivity contribution in [1.29, 1.82) is 0 Å². The number of para-hydroxylation sites is 1. The van der Waals surface area contributed by atoms with Crippen LogP contribution >= 0.6 is 0 Å². The summed E-state index contributed by atoms with van der Waals surface area (Å²) < 4.78 is 2.45. The van der Waals surface area contributed by atoms with E-state index in [9.17, 15) is 0 Å². The molecule has 53 heavy (non-hydrogen) atoms.